The third kappa shape index (κ3) is 1.57. The molecule has 78 valence electrons. The van der Waals surface area contributed by atoms with Crippen molar-refractivity contribution in [3.05, 3.63) is 59.9 Å². The molecule has 0 atom stereocenters. The zero-order valence-electron chi connectivity index (χ0n) is 8.47. The summed E-state index contributed by atoms with van der Waals surface area (Å²) in [6.45, 7) is 0. The lowest BCUT2D eigenvalue weighted by Crippen LogP contribution is -1.77. The van der Waals surface area contributed by atoms with Gasteiger partial charge in [-0.25, -0.2) is 4.98 Å². The van der Waals surface area contributed by atoms with Gasteiger partial charge in [-0.1, -0.05) is 29.8 Å². The molecule has 0 N–H and O–H groups in total. The molecule has 0 bridgehead atoms. The molecule has 0 aliphatic heterocycles. The highest BCUT2D eigenvalue weighted by atomic mass is 35.5. The quantitative estimate of drug-likeness (QED) is 0.621. The molecule has 0 spiro atoms. The van der Waals surface area contributed by atoms with Gasteiger partial charge in [-0.15, -0.1) is 0 Å². The molecule has 2 aromatic heterocycles. The molecule has 0 aliphatic rings. The third-order valence-electron chi connectivity index (χ3n) is 2.48. The summed E-state index contributed by atoms with van der Waals surface area (Å²) in [5.41, 5.74) is 2.92. The van der Waals surface area contributed by atoms with Crippen LogP contribution in [0.5, 0.6) is 0 Å². The highest BCUT2D eigenvalue weighted by Gasteiger charge is 2.03. The Balaban J connectivity index is 2.19. The summed E-state index contributed by atoms with van der Waals surface area (Å²) in [6, 6.07) is 13.7. The fourth-order valence-corrected chi connectivity index (χ4v) is 1.91. The summed E-state index contributed by atoms with van der Waals surface area (Å²) in [4.78, 5) is 4.53. The molecule has 3 rings (SSSR count). The summed E-state index contributed by atoms with van der Waals surface area (Å²) in [5, 5.41) is 0.731. The molecule has 3 aromatic rings. The fourth-order valence-electron chi connectivity index (χ4n) is 1.72. The topological polar surface area (TPSA) is 17.3 Å². The fraction of sp³-hybridized carbons (Fsp3) is 0. The number of hydrogen-bond acceptors (Lipinski definition) is 1. The van der Waals surface area contributed by atoms with Crippen LogP contribution in [0.2, 0.25) is 5.02 Å². The van der Waals surface area contributed by atoms with Gasteiger partial charge < -0.3 is 4.40 Å². The van der Waals surface area contributed by atoms with E-state index in [0.29, 0.717) is 0 Å². The van der Waals surface area contributed by atoms with Gasteiger partial charge in [0.2, 0.25) is 0 Å². The van der Waals surface area contributed by atoms with Gasteiger partial charge in [0.1, 0.15) is 5.65 Å². The average Bonchev–Trinajstić information content (AvgIpc) is 2.72. The Hall–Kier alpha value is -1.80. The van der Waals surface area contributed by atoms with Crippen LogP contribution in [-0.4, -0.2) is 9.38 Å². The van der Waals surface area contributed by atoms with Gasteiger partial charge in [-0.3, -0.25) is 0 Å². The maximum absolute atomic E-state index is 5.96. The number of imidazole rings is 1. The monoisotopic (exact) mass is 228 g/mol. The van der Waals surface area contributed by atoms with E-state index in [0.717, 1.165) is 21.9 Å². The van der Waals surface area contributed by atoms with Gasteiger partial charge in [0.15, 0.2) is 0 Å². The summed E-state index contributed by atoms with van der Waals surface area (Å²) < 4.78 is 2.00. The molecule has 0 radical (unpaired) electrons. The minimum absolute atomic E-state index is 0.731. The second-order valence-electron chi connectivity index (χ2n) is 3.60. The lowest BCUT2D eigenvalue weighted by molar-refractivity contribution is 1.19. The van der Waals surface area contributed by atoms with E-state index >= 15 is 0 Å². The first kappa shape index (κ1) is 9.43. The largest absolute Gasteiger partial charge is 0.306 e. The Labute approximate surface area is 98.1 Å². The number of aromatic nitrogens is 2. The summed E-state index contributed by atoms with van der Waals surface area (Å²) in [7, 11) is 0. The molecule has 0 unspecified atom stereocenters. The predicted molar refractivity (Wildman–Crippen MR) is 65.6 cm³/mol. The number of fused-ring (bicyclic) bond motifs is 1. The van der Waals surface area contributed by atoms with Crippen molar-refractivity contribution >= 4 is 17.2 Å². The number of nitrogens with zero attached hydrogens (tertiary/aromatic N) is 2. The van der Waals surface area contributed by atoms with Crippen molar-refractivity contribution in [3.8, 4) is 11.3 Å². The Morgan fingerprint density at radius 1 is 1.06 bits per heavy atom. The normalized spacial score (nSPS) is 10.8. The van der Waals surface area contributed by atoms with Crippen molar-refractivity contribution in [2.75, 3.05) is 0 Å². The lowest BCUT2D eigenvalue weighted by atomic mass is 10.2. The molecule has 0 amide bonds. The standard InChI is InChI=1S/C13H9ClN2/c14-11-5-3-4-10(8-11)12-9-16-7-2-1-6-13(16)15-12/h1-9H. The molecule has 0 aliphatic carbocycles. The van der Waals surface area contributed by atoms with Crippen LogP contribution < -0.4 is 0 Å². The van der Waals surface area contributed by atoms with E-state index in [1.165, 1.54) is 0 Å². The molecule has 16 heavy (non-hydrogen) atoms. The zero-order valence-corrected chi connectivity index (χ0v) is 9.22. The van der Waals surface area contributed by atoms with Crippen LogP contribution in [0.1, 0.15) is 0 Å². The first-order valence-corrected chi connectivity index (χ1v) is 5.40. The van der Waals surface area contributed by atoms with Crippen LogP contribution in [0.3, 0.4) is 0 Å². The van der Waals surface area contributed by atoms with E-state index in [2.05, 4.69) is 4.98 Å². The molecule has 0 saturated heterocycles. The Kier molecular flexibility index (Phi) is 2.15. The van der Waals surface area contributed by atoms with Crippen LogP contribution in [0, 0.1) is 0 Å². The first-order chi connectivity index (χ1) is 7.83. The van der Waals surface area contributed by atoms with Crippen molar-refractivity contribution in [2.45, 2.75) is 0 Å². The second-order valence-corrected chi connectivity index (χ2v) is 4.04. The maximum atomic E-state index is 5.96. The minimum Gasteiger partial charge on any atom is -0.306 e. The number of pyridine rings is 1. The molecule has 1 aromatic carbocycles. The lowest BCUT2D eigenvalue weighted by Gasteiger charge is -1.95. The van der Waals surface area contributed by atoms with Crippen molar-refractivity contribution in [1.29, 1.82) is 0 Å². The summed E-state index contributed by atoms with van der Waals surface area (Å²) >= 11 is 5.96. The van der Waals surface area contributed by atoms with Gasteiger partial charge in [0, 0.05) is 23.0 Å². The summed E-state index contributed by atoms with van der Waals surface area (Å²) in [6.07, 6.45) is 3.98. The Morgan fingerprint density at radius 2 is 2.00 bits per heavy atom. The van der Waals surface area contributed by atoms with E-state index in [1.54, 1.807) is 0 Å². The molecule has 2 nitrogen and oxygen atoms in total. The maximum Gasteiger partial charge on any atom is 0.137 e. The van der Waals surface area contributed by atoms with Crippen molar-refractivity contribution in [3.63, 3.8) is 0 Å². The van der Waals surface area contributed by atoms with Crippen molar-refractivity contribution < 1.29 is 0 Å². The minimum atomic E-state index is 0.731. The smallest absolute Gasteiger partial charge is 0.137 e. The van der Waals surface area contributed by atoms with E-state index < -0.39 is 0 Å². The third-order valence-corrected chi connectivity index (χ3v) is 2.72. The van der Waals surface area contributed by atoms with Gasteiger partial charge in [-0.05, 0) is 24.3 Å². The molecule has 0 saturated carbocycles. The van der Waals surface area contributed by atoms with Crippen LogP contribution in [0.4, 0.5) is 0 Å². The number of rotatable bonds is 1. The Morgan fingerprint density at radius 3 is 2.81 bits per heavy atom. The highest BCUT2D eigenvalue weighted by molar-refractivity contribution is 6.30. The van der Waals surface area contributed by atoms with E-state index in [1.807, 2.05) is 59.3 Å². The zero-order chi connectivity index (χ0) is 11.0. The summed E-state index contributed by atoms with van der Waals surface area (Å²) in [5.74, 6) is 0. The van der Waals surface area contributed by atoms with Crippen LogP contribution >= 0.6 is 11.6 Å². The first-order valence-electron chi connectivity index (χ1n) is 5.02. The van der Waals surface area contributed by atoms with E-state index in [-0.39, 0.29) is 0 Å². The number of benzene rings is 1. The van der Waals surface area contributed by atoms with Gasteiger partial charge in [0.05, 0.1) is 5.69 Å². The molecule has 0 fully saturated rings. The van der Waals surface area contributed by atoms with E-state index in [4.69, 9.17) is 11.6 Å². The molecular weight excluding hydrogens is 220 g/mol. The van der Waals surface area contributed by atoms with Crippen LogP contribution in [-0.2, 0) is 0 Å². The number of hydrogen-bond donors (Lipinski definition) is 0. The van der Waals surface area contributed by atoms with Crippen molar-refractivity contribution in [2.24, 2.45) is 0 Å². The highest BCUT2D eigenvalue weighted by Crippen LogP contribution is 2.22. The molecular formula is C13H9ClN2. The van der Waals surface area contributed by atoms with Gasteiger partial charge >= 0.3 is 0 Å². The second kappa shape index (κ2) is 3.65. The van der Waals surface area contributed by atoms with Gasteiger partial charge in [0.25, 0.3) is 0 Å². The van der Waals surface area contributed by atoms with Gasteiger partial charge in [-0.2, -0.15) is 0 Å². The predicted octanol–water partition coefficient (Wildman–Crippen LogP) is 3.65. The SMILES string of the molecule is Clc1cccc(-c2cn3ccccc3n2)c1. The average molecular weight is 229 g/mol. The van der Waals surface area contributed by atoms with E-state index in [9.17, 15) is 0 Å². The Bertz CT molecular complexity index is 610. The van der Waals surface area contributed by atoms with Crippen LogP contribution in [0.15, 0.2) is 54.9 Å². The number of halogens is 1. The molecule has 3 heteroatoms. The van der Waals surface area contributed by atoms with Crippen molar-refractivity contribution in [1.82, 2.24) is 9.38 Å². The van der Waals surface area contributed by atoms with Crippen LogP contribution in [0.25, 0.3) is 16.9 Å². The molecule has 2 heterocycles.